The molecule has 2 fully saturated rings. The van der Waals surface area contributed by atoms with Gasteiger partial charge in [0.25, 0.3) is 5.89 Å². The quantitative estimate of drug-likeness (QED) is 0.347. The van der Waals surface area contributed by atoms with E-state index in [1.807, 2.05) is 0 Å². The number of allylic oxidation sites excluding steroid dienone is 2. The summed E-state index contributed by atoms with van der Waals surface area (Å²) in [6, 6.07) is 8.58. The molecule has 37 heavy (non-hydrogen) atoms. The molecule has 0 unspecified atom stereocenters. The van der Waals surface area contributed by atoms with Gasteiger partial charge in [0.2, 0.25) is 5.82 Å². The van der Waals surface area contributed by atoms with E-state index >= 15 is 0 Å². The summed E-state index contributed by atoms with van der Waals surface area (Å²) >= 11 is 0. The highest BCUT2D eigenvalue weighted by Gasteiger charge is 2.33. The molecule has 1 saturated heterocycles. The van der Waals surface area contributed by atoms with Gasteiger partial charge in [-0.25, -0.2) is 0 Å². The van der Waals surface area contributed by atoms with Gasteiger partial charge in [-0.1, -0.05) is 19.0 Å². The van der Waals surface area contributed by atoms with Crippen molar-refractivity contribution < 1.29 is 9.26 Å². The Morgan fingerprint density at radius 1 is 1.08 bits per heavy atom. The SMILES string of the molecule is CCOC(=C1CC1)C1CCN(c2ccc(-c3noc(-c4nn(CC)c5c4CCC(C)(C)C5)n3)cc2)CC1. The molecule has 0 radical (unpaired) electrons. The number of anilines is 1. The molecule has 0 bridgehead atoms. The van der Waals surface area contributed by atoms with Gasteiger partial charge in [0.05, 0.1) is 12.4 Å². The molecule has 1 saturated carbocycles. The van der Waals surface area contributed by atoms with Crippen molar-refractivity contribution in [3.05, 3.63) is 46.9 Å². The molecule has 0 amide bonds. The van der Waals surface area contributed by atoms with Gasteiger partial charge in [0, 0.05) is 48.1 Å². The number of fused-ring (bicyclic) bond motifs is 1. The minimum atomic E-state index is 0.300. The van der Waals surface area contributed by atoms with Crippen molar-refractivity contribution in [2.45, 2.75) is 79.2 Å². The van der Waals surface area contributed by atoms with Gasteiger partial charge < -0.3 is 14.2 Å². The van der Waals surface area contributed by atoms with Crippen molar-refractivity contribution in [1.82, 2.24) is 19.9 Å². The maximum Gasteiger partial charge on any atom is 0.279 e. The van der Waals surface area contributed by atoms with E-state index in [0.29, 0.717) is 23.0 Å². The zero-order valence-electron chi connectivity index (χ0n) is 22.7. The lowest BCUT2D eigenvalue weighted by Crippen LogP contribution is -2.34. The number of benzene rings is 1. The molecule has 2 aliphatic carbocycles. The summed E-state index contributed by atoms with van der Waals surface area (Å²) in [5.41, 5.74) is 7.53. The molecule has 3 heterocycles. The van der Waals surface area contributed by atoms with Gasteiger partial charge >= 0.3 is 0 Å². The van der Waals surface area contributed by atoms with E-state index < -0.39 is 0 Å². The van der Waals surface area contributed by atoms with Gasteiger partial charge in [-0.05, 0) is 94.0 Å². The van der Waals surface area contributed by atoms with Crippen LogP contribution in [0.5, 0.6) is 0 Å². The third-order valence-electron chi connectivity index (χ3n) is 8.30. The number of ether oxygens (including phenoxy) is 1. The van der Waals surface area contributed by atoms with Gasteiger partial charge in [-0.3, -0.25) is 4.68 Å². The zero-order chi connectivity index (χ0) is 25.6. The summed E-state index contributed by atoms with van der Waals surface area (Å²) in [6.45, 7) is 12.7. The Morgan fingerprint density at radius 3 is 2.51 bits per heavy atom. The van der Waals surface area contributed by atoms with Crippen LogP contribution in [-0.2, 0) is 24.1 Å². The van der Waals surface area contributed by atoms with Crippen molar-refractivity contribution in [3.8, 4) is 23.0 Å². The average Bonchev–Trinajstić information content (AvgIpc) is 3.52. The first-order valence-corrected chi connectivity index (χ1v) is 14.1. The van der Waals surface area contributed by atoms with Crippen LogP contribution in [0.4, 0.5) is 5.69 Å². The van der Waals surface area contributed by atoms with E-state index in [1.54, 1.807) is 5.57 Å². The highest BCUT2D eigenvalue weighted by Crippen LogP contribution is 2.40. The van der Waals surface area contributed by atoms with Crippen LogP contribution >= 0.6 is 0 Å². The minimum absolute atomic E-state index is 0.300. The Labute approximate surface area is 219 Å². The fourth-order valence-corrected chi connectivity index (χ4v) is 6.06. The molecule has 1 aromatic carbocycles. The molecular formula is C30H39N5O2. The second kappa shape index (κ2) is 9.66. The minimum Gasteiger partial charge on any atom is -0.498 e. The molecule has 0 spiro atoms. The van der Waals surface area contributed by atoms with Gasteiger partial charge in [0.15, 0.2) is 5.69 Å². The fraction of sp³-hybridized carbons (Fsp3) is 0.567. The first-order chi connectivity index (χ1) is 18.0. The van der Waals surface area contributed by atoms with Gasteiger partial charge in [-0.2, -0.15) is 10.1 Å². The monoisotopic (exact) mass is 501 g/mol. The number of aromatic nitrogens is 4. The zero-order valence-corrected chi connectivity index (χ0v) is 22.7. The predicted octanol–water partition coefficient (Wildman–Crippen LogP) is 6.44. The molecule has 3 aliphatic rings. The van der Waals surface area contributed by atoms with E-state index in [4.69, 9.17) is 19.3 Å². The van der Waals surface area contributed by atoms with Crippen LogP contribution in [0.2, 0.25) is 0 Å². The Kier molecular flexibility index (Phi) is 6.33. The topological polar surface area (TPSA) is 69.2 Å². The number of rotatable bonds is 7. The molecule has 0 atom stereocenters. The van der Waals surface area contributed by atoms with E-state index in [9.17, 15) is 0 Å². The second-order valence-electron chi connectivity index (χ2n) is 11.6. The van der Waals surface area contributed by atoms with Crippen molar-refractivity contribution >= 4 is 5.69 Å². The molecule has 0 N–H and O–H groups in total. The largest absolute Gasteiger partial charge is 0.498 e. The molecule has 2 aromatic heterocycles. The van der Waals surface area contributed by atoms with E-state index in [0.717, 1.165) is 69.6 Å². The third-order valence-corrected chi connectivity index (χ3v) is 8.30. The van der Waals surface area contributed by atoms with Crippen LogP contribution in [0.25, 0.3) is 23.0 Å². The number of hydrogen-bond donors (Lipinski definition) is 0. The number of hydrogen-bond acceptors (Lipinski definition) is 6. The Morgan fingerprint density at radius 2 is 1.84 bits per heavy atom. The molecule has 3 aromatic rings. The summed E-state index contributed by atoms with van der Waals surface area (Å²) in [6.07, 6.45) is 7.96. The molecule has 7 nitrogen and oxygen atoms in total. The van der Waals surface area contributed by atoms with Gasteiger partial charge in [-0.15, -0.1) is 0 Å². The summed E-state index contributed by atoms with van der Waals surface area (Å²) in [5.74, 6) is 3.03. The van der Waals surface area contributed by atoms with Crippen molar-refractivity contribution in [2.75, 3.05) is 24.6 Å². The van der Waals surface area contributed by atoms with Crippen LogP contribution in [-0.4, -0.2) is 39.6 Å². The Bertz CT molecular complexity index is 1290. The standard InChI is InChI=1S/C30H39N5O2/c1-5-35-25-19-30(3,4)16-13-24(25)26(32-35)29-31-28(33-37-29)22-9-11-23(12-10-22)34-17-14-21(15-18-34)27(36-6-2)20-7-8-20/h9-12,21H,5-8,13-19H2,1-4H3. The van der Waals surface area contributed by atoms with Crippen molar-refractivity contribution in [1.29, 1.82) is 0 Å². The maximum atomic E-state index is 6.02. The lowest BCUT2D eigenvalue weighted by atomic mass is 9.76. The van der Waals surface area contributed by atoms with E-state index in [-0.39, 0.29) is 0 Å². The lowest BCUT2D eigenvalue weighted by molar-refractivity contribution is 0.177. The van der Waals surface area contributed by atoms with Crippen LogP contribution in [0.15, 0.2) is 40.1 Å². The first-order valence-electron chi connectivity index (χ1n) is 14.1. The number of nitrogens with zero attached hydrogens (tertiary/aromatic N) is 5. The molecule has 6 rings (SSSR count). The average molecular weight is 502 g/mol. The lowest BCUT2D eigenvalue weighted by Gasteiger charge is -2.34. The second-order valence-corrected chi connectivity index (χ2v) is 11.6. The van der Waals surface area contributed by atoms with Crippen LogP contribution < -0.4 is 4.90 Å². The highest BCUT2D eigenvalue weighted by atomic mass is 16.5. The third kappa shape index (κ3) is 4.80. The van der Waals surface area contributed by atoms with Crippen molar-refractivity contribution in [2.24, 2.45) is 11.3 Å². The number of piperidine rings is 1. The molecule has 1 aliphatic heterocycles. The molecular weight excluding hydrogens is 462 g/mol. The van der Waals surface area contributed by atoms with Gasteiger partial charge in [0.1, 0.15) is 0 Å². The summed E-state index contributed by atoms with van der Waals surface area (Å²) in [7, 11) is 0. The Hall–Kier alpha value is -3.09. The van der Waals surface area contributed by atoms with E-state index in [2.05, 4.69) is 66.7 Å². The summed E-state index contributed by atoms with van der Waals surface area (Å²) < 4.78 is 13.9. The Balaban J connectivity index is 1.15. The summed E-state index contributed by atoms with van der Waals surface area (Å²) in [4.78, 5) is 7.25. The smallest absolute Gasteiger partial charge is 0.279 e. The first kappa shape index (κ1) is 24.3. The molecule has 196 valence electrons. The van der Waals surface area contributed by atoms with Crippen LogP contribution in [0.1, 0.15) is 71.1 Å². The molecule has 7 heteroatoms. The van der Waals surface area contributed by atoms with Crippen LogP contribution in [0.3, 0.4) is 0 Å². The highest BCUT2D eigenvalue weighted by molar-refractivity contribution is 5.63. The maximum absolute atomic E-state index is 6.02. The predicted molar refractivity (Wildman–Crippen MR) is 145 cm³/mol. The van der Waals surface area contributed by atoms with Crippen LogP contribution in [0, 0.1) is 11.3 Å². The number of aryl methyl sites for hydroxylation is 1. The fourth-order valence-electron chi connectivity index (χ4n) is 6.06. The summed E-state index contributed by atoms with van der Waals surface area (Å²) in [5, 5.41) is 9.19. The van der Waals surface area contributed by atoms with Crippen molar-refractivity contribution in [3.63, 3.8) is 0 Å². The van der Waals surface area contributed by atoms with E-state index in [1.165, 1.54) is 35.5 Å². The normalized spacial score (nSPS) is 19.1.